The van der Waals surface area contributed by atoms with Crippen LogP contribution in [-0.4, -0.2) is 92.8 Å². The number of rotatable bonds is 7. The molecule has 13 nitrogen and oxygen atoms in total. The Morgan fingerprint density at radius 2 is 1.86 bits per heavy atom. The lowest BCUT2D eigenvalue weighted by Gasteiger charge is -2.43. The minimum Gasteiger partial charge on any atom is -0.508 e. The topological polar surface area (TPSA) is 202 Å². The van der Waals surface area contributed by atoms with Gasteiger partial charge in [0, 0.05) is 11.6 Å². The molecule has 3 aliphatic heterocycles. The fourth-order valence-electron chi connectivity index (χ4n) is 5.00. The predicted octanol–water partition coefficient (Wildman–Crippen LogP) is 0.977. The fourth-order valence-corrected chi connectivity index (χ4v) is 5.00. The van der Waals surface area contributed by atoms with E-state index in [0.717, 1.165) is 12.3 Å². The average molecular weight is 585 g/mol. The van der Waals surface area contributed by atoms with Crippen molar-refractivity contribution >= 4 is 11.9 Å². The second-order valence-corrected chi connectivity index (χ2v) is 9.71. The Balaban J connectivity index is 1.47. The number of phenolic OH excluding ortho intramolecular Hbond substituents is 3. The minimum atomic E-state index is -1.84. The number of benzene rings is 2. The number of cyclic esters (lactones) is 1. The Morgan fingerprint density at radius 3 is 2.57 bits per heavy atom. The van der Waals surface area contributed by atoms with Crippen LogP contribution in [0.5, 0.6) is 17.2 Å². The van der Waals surface area contributed by atoms with Gasteiger partial charge in [-0.05, 0) is 35.4 Å². The normalized spacial score (nSPS) is 28.8. The van der Waals surface area contributed by atoms with E-state index in [1.165, 1.54) is 36.4 Å². The Kier molecular flexibility index (Phi) is 8.20. The third kappa shape index (κ3) is 5.43. The molecule has 1 fully saturated rings. The van der Waals surface area contributed by atoms with Crippen LogP contribution in [0.2, 0.25) is 0 Å². The molecule has 0 bridgehead atoms. The molecule has 3 aliphatic rings. The van der Waals surface area contributed by atoms with Crippen molar-refractivity contribution in [3.05, 3.63) is 78.1 Å². The standard InChI is InChI=1S/C29H28O13/c1-2-16-17-6-7-38-26(36)19(17)12-39-28(16)42-29-25(24(35)23(34)21(11-30)40-29)41-27(37)22-18(9-15(32)10-20(22)33)13-4-3-5-14(31)8-13/h2-6,8-10,12,16,21,23-25,28-35H,1,7,11H2/t16-,21+,23+,24-,25+,28+,29-/m1/s1. The van der Waals surface area contributed by atoms with E-state index in [1.807, 2.05) is 0 Å². The van der Waals surface area contributed by atoms with Crippen LogP contribution < -0.4 is 0 Å². The van der Waals surface area contributed by atoms with Crippen molar-refractivity contribution in [1.82, 2.24) is 0 Å². The molecule has 0 unspecified atom stereocenters. The van der Waals surface area contributed by atoms with Crippen molar-refractivity contribution in [2.24, 2.45) is 5.92 Å². The van der Waals surface area contributed by atoms with Gasteiger partial charge in [0.1, 0.15) is 54.0 Å². The molecule has 5 rings (SSSR count). The lowest BCUT2D eigenvalue weighted by atomic mass is 9.89. The van der Waals surface area contributed by atoms with Gasteiger partial charge in [-0.3, -0.25) is 0 Å². The highest BCUT2D eigenvalue weighted by molar-refractivity contribution is 6.00. The van der Waals surface area contributed by atoms with Gasteiger partial charge in [-0.15, -0.1) is 6.58 Å². The number of aliphatic hydroxyl groups is 3. The van der Waals surface area contributed by atoms with Gasteiger partial charge < -0.3 is 54.3 Å². The Bertz CT molecular complexity index is 1450. The van der Waals surface area contributed by atoms with Crippen molar-refractivity contribution in [2.45, 2.75) is 37.0 Å². The minimum absolute atomic E-state index is 0.0118. The maximum absolute atomic E-state index is 13.5. The van der Waals surface area contributed by atoms with Crippen LogP contribution in [0.1, 0.15) is 10.4 Å². The van der Waals surface area contributed by atoms with Crippen LogP contribution in [0.25, 0.3) is 11.1 Å². The van der Waals surface area contributed by atoms with Crippen LogP contribution in [0.15, 0.2) is 72.5 Å². The highest BCUT2D eigenvalue weighted by Crippen LogP contribution is 2.39. The molecule has 13 heteroatoms. The molecule has 0 aliphatic carbocycles. The first-order valence-corrected chi connectivity index (χ1v) is 12.8. The third-order valence-corrected chi connectivity index (χ3v) is 7.07. The average Bonchev–Trinajstić information content (AvgIpc) is 2.96. The molecule has 0 aromatic heterocycles. The molecule has 0 radical (unpaired) electrons. The first-order valence-electron chi connectivity index (χ1n) is 12.8. The molecule has 0 saturated carbocycles. The molecule has 42 heavy (non-hydrogen) atoms. The van der Waals surface area contributed by atoms with E-state index in [4.69, 9.17) is 23.7 Å². The van der Waals surface area contributed by atoms with Crippen molar-refractivity contribution in [1.29, 1.82) is 0 Å². The summed E-state index contributed by atoms with van der Waals surface area (Å²) in [5.74, 6) is -3.75. The number of phenols is 3. The third-order valence-electron chi connectivity index (χ3n) is 7.07. The maximum Gasteiger partial charge on any atom is 0.343 e. The van der Waals surface area contributed by atoms with Gasteiger partial charge in [-0.25, -0.2) is 9.59 Å². The van der Waals surface area contributed by atoms with Crippen molar-refractivity contribution < 1.29 is 63.9 Å². The van der Waals surface area contributed by atoms with Crippen molar-refractivity contribution in [3.8, 4) is 28.4 Å². The van der Waals surface area contributed by atoms with E-state index in [0.29, 0.717) is 5.57 Å². The number of esters is 2. The number of hydrogen-bond acceptors (Lipinski definition) is 13. The number of ether oxygens (including phenoxy) is 5. The highest BCUT2D eigenvalue weighted by Gasteiger charge is 2.50. The molecular weight excluding hydrogens is 556 g/mol. The fraction of sp³-hybridized carbons (Fsp3) is 0.310. The van der Waals surface area contributed by atoms with E-state index in [9.17, 15) is 40.2 Å². The monoisotopic (exact) mass is 584 g/mol. The quantitative estimate of drug-likeness (QED) is 0.199. The summed E-state index contributed by atoms with van der Waals surface area (Å²) in [4.78, 5) is 25.7. The van der Waals surface area contributed by atoms with Gasteiger partial charge in [0.2, 0.25) is 12.6 Å². The zero-order valence-corrected chi connectivity index (χ0v) is 21.9. The molecule has 0 amide bonds. The van der Waals surface area contributed by atoms with Crippen molar-refractivity contribution in [3.63, 3.8) is 0 Å². The summed E-state index contributed by atoms with van der Waals surface area (Å²) in [7, 11) is 0. The van der Waals surface area contributed by atoms with E-state index in [-0.39, 0.29) is 34.8 Å². The highest BCUT2D eigenvalue weighted by atomic mass is 16.8. The van der Waals surface area contributed by atoms with Gasteiger partial charge >= 0.3 is 11.9 Å². The van der Waals surface area contributed by atoms with Gasteiger partial charge in [-0.1, -0.05) is 18.2 Å². The Morgan fingerprint density at radius 1 is 1.07 bits per heavy atom. The molecule has 2 aromatic carbocycles. The molecule has 6 N–H and O–H groups in total. The molecule has 1 saturated heterocycles. The van der Waals surface area contributed by atoms with Crippen LogP contribution in [-0.2, 0) is 28.5 Å². The first kappa shape index (κ1) is 29.1. The lowest BCUT2D eigenvalue weighted by Crippen LogP contribution is -2.61. The van der Waals surface area contributed by atoms with Gasteiger partial charge in [-0.2, -0.15) is 0 Å². The summed E-state index contributed by atoms with van der Waals surface area (Å²) in [6.07, 6.45) is -5.23. The molecule has 7 atom stereocenters. The summed E-state index contributed by atoms with van der Waals surface area (Å²) in [5.41, 5.74) is 0.463. The zero-order valence-electron chi connectivity index (χ0n) is 21.9. The summed E-state index contributed by atoms with van der Waals surface area (Å²) in [5, 5.41) is 61.8. The number of aliphatic hydroxyl groups excluding tert-OH is 3. The largest absolute Gasteiger partial charge is 0.508 e. The van der Waals surface area contributed by atoms with Crippen LogP contribution in [0, 0.1) is 5.92 Å². The summed E-state index contributed by atoms with van der Waals surface area (Å²) in [6, 6.07) is 7.74. The summed E-state index contributed by atoms with van der Waals surface area (Å²) < 4.78 is 27.7. The summed E-state index contributed by atoms with van der Waals surface area (Å²) >= 11 is 0. The van der Waals surface area contributed by atoms with Gasteiger partial charge in [0.05, 0.1) is 18.1 Å². The number of fused-ring (bicyclic) bond motifs is 1. The number of hydrogen-bond donors (Lipinski definition) is 6. The Hall–Kier alpha value is -4.40. The predicted molar refractivity (Wildman–Crippen MR) is 141 cm³/mol. The second-order valence-electron chi connectivity index (χ2n) is 9.71. The van der Waals surface area contributed by atoms with Crippen LogP contribution in [0.3, 0.4) is 0 Å². The zero-order chi connectivity index (χ0) is 30.1. The Labute approximate surface area is 238 Å². The van der Waals surface area contributed by atoms with E-state index >= 15 is 0 Å². The molecule has 3 heterocycles. The van der Waals surface area contributed by atoms with Gasteiger partial charge in [0.15, 0.2) is 6.10 Å². The molecule has 222 valence electrons. The molecule has 0 spiro atoms. The van der Waals surface area contributed by atoms with E-state index < -0.39 is 72.8 Å². The van der Waals surface area contributed by atoms with Crippen LogP contribution >= 0.6 is 0 Å². The van der Waals surface area contributed by atoms with Gasteiger partial charge in [0.25, 0.3) is 0 Å². The summed E-state index contributed by atoms with van der Waals surface area (Å²) in [6.45, 7) is 3.05. The molecule has 2 aromatic rings. The number of carbonyl (C=O) groups excluding carboxylic acids is 2. The van der Waals surface area contributed by atoms with E-state index in [1.54, 1.807) is 6.08 Å². The van der Waals surface area contributed by atoms with Crippen LogP contribution in [0.4, 0.5) is 0 Å². The maximum atomic E-state index is 13.5. The number of aromatic hydroxyl groups is 3. The molecular formula is C29H28O13. The first-order chi connectivity index (χ1) is 20.1. The second kappa shape index (κ2) is 11.8. The smallest absolute Gasteiger partial charge is 0.343 e. The lowest BCUT2D eigenvalue weighted by molar-refractivity contribution is -0.334. The van der Waals surface area contributed by atoms with Crippen molar-refractivity contribution in [2.75, 3.05) is 13.2 Å². The SMILES string of the molecule is C=C[C@@H]1C2=CCOC(=O)C2=CO[C@H]1O[C@H]1O[C@@H](CO)[C@H](O)[C@@H](O)[C@@H]1OC(=O)c1c(O)cc(O)cc1-c1cccc(O)c1. The van der Waals surface area contributed by atoms with E-state index in [2.05, 4.69) is 6.58 Å². The number of carbonyl (C=O) groups is 2.